The summed E-state index contributed by atoms with van der Waals surface area (Å²) in [6.07, 6.45) is 5.09. The van der Waals surface area contributed by atoms with E-state index in [0.717, 1.165) is 36.4 Å². The fourth-order valence-electron chi connectivity index (χ4n) is 2.63. The van der Waals surface area contributed by atoms with Gasteiger partial charge in [0.1, 0.15) is 0 Å². The van der Waals surface area contributed by atoms with Crippen LogP contribution in [0.4, 0.5) is 0 Å². The highest BCUT2D eigenvalue weighted by Gasteiger charge is 2.18. The number of methoxy groups -OCH3 is 1. The van der Waals surface area contributed by atoms with Crippen molar-refractivity contribution < 1.29 is 9.47 Å². The highest BCUT2D eigenvalue weighted by Crippen LogP contribution is 2.32. The summed E-state index contributed by atoms with van der Waals surface area (Å²) >= 11 is 0. The summed E-state index contributed by atoms with van der Waals surface area (Å²) in [5.74, 6) is 2.59. The third-order valence-corrected chi connectivity index (χ3v) is 3.95. The van der Waals surface area contributed by atoms with E-state index in [4.69, 9.17) is 15.2 Å². The van der Waals surface area contributed by atoms with Crippen LogP contribution in [0.1, 0.15) is 45.1 Å². The molecule has 0 heterocycles. The van der Waals surface area contributed by atoms with E-state index in [-0.39, 0.29) is 24.0 Å². The lowest BCUT2D eigenvalue weighted by Crippen LogP contribution is -2.34. The highest BCUT2D eigenvalue weighted by atomic mass is 127. The number of guanidine groups is 1. The topological polar surface area (TPSA) is 68.9 Å². The summed E-state index contributed by atoms with van der Waals surface area (Å²) in [7, 11) is 1.67. The molecule has 24 heavy (non-hydrogen) atoms. The summed E-state index contributed by atoms with van der Waals surface area (Å²) in [6.45, 7) is 5.62. The summed E-state index contributed by atoms with van der Waals surface area (Å²) in [5, 5.41) is 3.11. The van der Waals surface area contributed by atoms with Crippen LogP contribution in [-0.2, 0) is 6.54 Å². The van der Waals surface area contributed by atoms with Crippen LogP contribution in [0.15, 0.2) is 23.2 Å². The Labute approximate surface area is 162 Å². The Morgan fingerprint density at radius 1 is 1.29 bits per heavy atom. The number of nitrogens with zero attached hydrogens (tertiary/aromatic N) is 1. The maximum Gasteiger partial charge on any atom is 0.188 e. The predicted molar refractivity (Wildman–Crippen MR) is 109 cm³/mol. The van der Waals surface area contributed by atoms with Crippen molar-refractivity contribution in [1.29, 1.82) is 0 Å². The number of halogens is 1. The maximum absolute atomic E-state index is 6.04. The lowest BCUT2D eigenvalue weighted by Gasteiger charge is -2.16. The molecule has 3 N–H and O–H groups in total. The van der Waals surface area contributed by atoms with Gasteiger partial charge in [-0.3, -0.25) is 0 Å². The Kier molecular flexibility index (Phi) is 9.25. The molecule has 6 heteroatoms. The molecule has 2 rings (SSSR count). The summed E-state index contributed by atoms with van der Waals surface area (Å²) in [5.41, 5.74) is 6.91. The van der Waals surface area contributed by atoms with Crippen molar-refractivity contribution in [3.63, 3.8) is 0 Å². The zero-order valence-corrected chi connectivity index (χ0v) is 17.2. The lowest BCUT2D eigenvalue weighted by atomic mass is 10.2. The Hall–Kier alpha value is -1.18. The summed E-state index contributed by atoms with van der Waals surface area (Å²) in [6, 6.07) is 5.97. The number of aliphatic imine (C=N–C) groups is 1. The molecule has 1 aliphatic carbocycles. The van der Waals surface area contributed by atoms with Crippen molar-refractivity contribution in [1.82, 2.24) is 5.32 Å². The van der Waals surface area contributed by atoms with Gasteiger partial charge in [-0.15, -0.1) is 24.0 Å². The van der Waals surface area contributed by atoms with Crippen molar-refractivity contribution in [2.45, 2.75) is 52.2 Å². The first-order valence-corrected chi connectivity index (χ1v) is 8.46. The van der Waals surface area contributed by atoms with E-state index in [2.05, 4.69) is 24.2 Å². The number of benzene rings is 1. The second-order valence-corrected chi connectivity index (χ2v) is 6.49. The predicted octanol–water partition coefficient (Wildman–Crippen LogP) is 3.69. The monoisotopic (exact) mass is 447 g/mol. The van der Waals surface area contributed by atoms with E-state index < -0.39 is 0 Å². The molecular formula is C18H30IN3O2. The molecule has 1 aromatic rings. The van der Waals surface area contributed by atoms with Crippen molar-refractivity contribution in [2.75, 3.05) is 13.7 Å². The second kappa shape index (κ2) is 10.6. The van der Waals surface area contributed by atoms with Crippen LogP contribution >= 0.6 is 24.0 Å². The Balaban J connectivity index is 0.00000288. The smallest absolute Gasteiger partial charge is 0.188 e. The van der Waals surface area contributed by atoms with Gasteiger partial charge in [0.25, 0.3) is 0 Å². The molecular weight excluding hydrogens is 417 g/mol. The van der Waals surface area contributed by atoms with Crippen LogP contribution < -0.4 is 20.5 Å². The lowest BCUT2D eigenvalue weighted by molar-refractivity contribution is 0.200. The van der Waals surface area contributed by atoms with Gasteiger partial charge in [-0.05, 0) is 49.3 Å². The second-order valence-electron chi connectivity index (χ2n) is 6.49. The highest BCUT2D eigenvalue weighted by molar-refractivity contribution is 14.0. The molecule has 1 saturated carbocycles. The van der Waals surface area contributed by atoms with Gasteiger partial charge in [0, 0.05) is 6.54 Å². The number of ether oxygens (including phenoxy) is 2. The van der Waals surface area contributed by atoms with Gasteiger partial charge >= 0.3 is 0 Å². The zero-order valence-electron chi connectivity index (χ0n) is 14.9. The van der Waals surface area contributed by atoms with Gasteiger partial charge in [0.2, 0.25) is 0 Å². The molecule has 0 aromatic heterocycles. The average molecular weight is 447 g/mol. The largest absolute Gasteiger partial charge is 0.493 e. The first-order valence-electron chi connectivity index (χ1n) is 8.46. The van der Waals surface area contributed by atoms with Crippen LogP contribution in [0.2, 0.25) is 0 Å². The van der Waals surface area contributed by atoms with Gasteiger partial charge in [-0.2, -0.15) is 0 Å². The Bertz CT molecular complexity index is 529. The van der Waals surface area contributed by atoms with Crippen molar-refractivity contribution in [3.8, 4) is 11.5 Å². The van der Waals surface area contributed by atoms with E-state index in [9.17, 15) is 0 Å². The molecule has 0 aliphatic heterocycles. The van der Waals surface area contributed by atoms with Crippen LogP contribution in [0.25, 0.3) is 0 Å². The van der Waals surface area contributed by atoms with Crippen LogP contribution in [0.5, 0.6) is 11.5 Å². The van der Waals surface area contributed by atoms with E-state index in [1.54, 1.807) is 7.11 Å². The number of rotatable bonds is 7. The number of nitrogens with two attached hydrogens (primary N) is 1. The molecule has 0 radical (unpaired) electrons. The van der Waals surface area contributed by atoms with Crippen molar-refractivity contribution in [3.05, 3.63) is 23.8 Å². The van der Waals surface area contributed by atoms with Crippen LogP contribution in [0, 0.1) is 5.92 Å². The molecule has 0 unspecified atom stereocenters. The molecule has 0 spiro atoms. The van der Waals surface area contributed by atoms with Gasteiger partial charge in [0.05, 0.1) is 19.8 Å². The van der Waals surface area contributed by atoms with Crippen LogP contribution in [0.3, 0.4) is 0 Å². The number of nitrogens with one attached hydrogen (secondary N) is 1. The molecule has 1 fully saturated rings. The van der Waals surface area contributed by atoms with Gasteiger partial charge in [0.15, 0.2) is 17.5 Å². The molecule has 5 nitrogen and oxygen atoms in total. The minimum atomic E-state index is 0. The fraction of sp³-hybridized carbons (Fsp3) is 0.611. The average Bonchev–Trinajstić information content (AvgIpc) is 3.04. The van der Waals surface area contributed by atoms with Gasteiger partial charge < -0.3 is 20.5 Å². The third-order valence-electron chi connectivity index (χ3n) is 3.95. The molecule has 1 aliphatic rings. The first-order chi connectivity index (χ1) is 11.1. The first kappa shape index (κ1) is 20.9. The summed E-state index contributed by atoms with van der Waals surface area (Å²) < 4.78 is 11.5. The van der Waals surface area contributed by atoms with Crippen molar-refractivity contribution in [2.24, 2.45) is 16.6 Å². The van der Waals surface area contributed by atoms with Gasteiger partial charge in [-0.25, -0.2) is 4.99 Å². The number of hydrogen-bond acceptors (Lipinski definition) is 3. The molecule has 0 bridgehead atoms. The standard InChI is InChI=1S/C18H29N3O2.HI/c1-13(2)11-20-18(19)21-12-14-8-9-16(17(10-14)22-3)23-15-6-4-5-7-15;/h8-10,13,15H,4-7,11-12H2,1-3H3,(H3,19,20,21);1H. The molecule has 0 amide bonds. The van der Waals surface area contributed by atoms with Gasteiger partial charge in [-0.1, -0.05) is 19.9 Å². The van der Waals surface area contributed by atoms with E-state index in [0.29, 0.717) is 24.5 Å². The normalized spacial score (nSPS) is 15.2. The fourth-order valence-corrected chi connectivity index (χ4v) is 2.63. The zero-order chi connectivity index (χ0) is 16.7. The third kappa shape index (κ3) is 6.75. The van der Waals surface area contributed by atoms with E-state index >= 15 is 0 Å². The quantitative estimate of drug-likeness (QED) is 0.380. The minimum Gasteiger partial charge on any atom is -0.493 e. The molecule has 0 atom stereocenters. The Morgan fingerprint density at radius 3 is 2.62 bits per heavy atom. The van der Waals surface area contributed by atoms with E-state index in [1.165, 1.54) is 12.8 Å². The van der Waals surface area contributed by atoms with Crippen molar-refractivity contribution >= 4 is 29.9 Å². The molecule has 136 valence electrons. The minimum absolute atomic E-state index is 0. The SMILES string of the molecule is COc1cc(CN=C(N)NCC(C)C)ccc1OC1CCCC1.I. The number of hydrogen-bond donors (Lipinski definition) is 2. The molecule has 1 aromatic carbocycles. The summed E-state index contributed by atoms with van der Waals surface area (Å²) in [4.78, 5) is 4.36. The van der Waals surface area contributed by atoms with Crippen LogP contribution in [-0.4, -0.2) is 25.7 Å². The maximum atomic E-state index is 6.04. The molecule has 0 saturated heterocycles. The Morgan fingerprint density at radius 2 is 2.00 bits per heavy atom. The van der Waals surface area contributed by atoms with E-state index in [1.807, 2.05) is 18.2 Å².